The first kappa shape index (κ1) is 13.9. The Balaban J connectivity index is 1.62. The van der Waals surface area contributed by atoms with Gasteiger partial charge in [-0.15, -0.1) is 0 Å². The normalized spacial score (nSPS) is 21.8. The maximum Gasteiger partial charge on any atom is 0.122 e. The van der Waals surface area contributed by atoms with Crippen LogP contribution in [0.25, 0.3) is 0 Å². The summed E-state index contributed by atoms with van der Waals surface area (Å²) >= 11 is 0. The molecule has 2 saturated heterocycles. The molecule has 2 heterocycles. The van der Waals surface area contributed by atoms with Gasteiger partial charge in [-0.3, -0.25) is 0 Å². The Morgan fingerprint density at radius 3 is 2.60 bits per heavy atom. The van der Waals surface area contributed by atoms with Gasteiger partial charge >= 0.3 is 0 Å². The summed E-state index contributed by atoms with van der Waals surface area (Å²) < 4.78 is 11.6. The Kier molecular flexibility index (Phi) is 4.93. The van der Waals surface area contributed by atoms with Gasteiger partial charge in [0.1, 0.15) is 5.75 Å². The van der Waals surface area contributed by atoms with Crippen molar-refractivity contribution < 1.29 is 9.47 Å². The summed E-state index contributed by atoms with van der Waals surface area (Å²) in [6, 6.07) is 8.61. The van der Waals surface area contributed by atoms with Crippen molar-refractivity contribution >= 4 is 0 Å². The van der Waals surface area contributed by atoms with Crippen LogP contribution in [0.5, 0.6) is 5.75 Å². The van der Waals surface area contributed by atoms with E-state index in [1.165, 1.54) is 18.4 Å². The number of benzene rings is 1. The fourth-order valence-electron chi connectivity index (χ4n) is 3.20. The molecule has 0 atom stereocenters. The minimum absolute atomic E-state index is 0.655. The fraction of sp³-hybridized carbons (Fsp3) is 0.647. The number of rotatable bonds is 4. The Hall–Kier alpha value is -1.06. The van der Waals surface area contributed by atoms with Gasteiger partial charge in [-0.25, -0.2) is 0 Å². The summed E-state index contributed by atoms with van der Waals surface area (Å²) in [5.74, 6) is 2.41. The van der Waals surface area contributed by atoms with Gasteiger partial charge in [0.15, 0.2) is 0 Å². The Morgan fingerprint density at radius 2 is 1.80 bits per heavy atom. The molecule has 1 aromatic carbocycles. The van der Waals surface area contributed by atoms with Crippen LogP contribution in [-0.4, -0.2) is 32.9 Å². The van der Waals surface area contributed by atoms with Crippen LogP contribution >= 0.6 is 0 Å². The third-order valence-corrected chi connectivity index (χ3v) is 4.51. The van der Waals surface area contributed by atoms with Crippen molar-refractivity contribution in [2.75, 3.05) is 32.9 Å². The zero-order valence-corrected chi connectivity index (χ0v) is 12.1. The van der Waals surface area contributed by atoms with E-state index < -0.39 is 0 Å². The predicted octanol–water partition coefficient (Wildman–Crippen LogP) is 2.96. The average molecular weight is 275 g/mol. The first-order valence-corrected chi connectivity index (χ1v) is 7.93. The van der Waals surface area contributed by atoms with E-state index in [9.17, 15) is 0 Å². The average Bonchev–Trinajstić information content (AvgIpc) is 2.55. The molecule has 0 aliphatic carbocycles. The van der Waals surface area contributed by atoms with E-state index in [1.807, 2.05) is 0 Å². The van der Waals surface area contributed by atoms with Gasteiger partial charge in [0.05, 0.1) is 6.61 Å². The second kappa shape index (κ2) is 7.09. The van der Waals surface area contributed by atoms with Crippen molar-refractivity contribution in [3.63, 3.8) is 0 Å². The van der Waals surface area contributed by atoms with Gasteiger partial charge in [0, 0.05) is 13.2 Å². The van der Waals surface area contributed by atoms with Crippen LogP contribution in [0, 0.1) is 5.92 Å². The van der Waals surface area contributed by atoms with E-state index in [4.69, 9.17) is 9.47 Å². The van der Waals surface area contributed by atoms with Crippen molar-refractivity contribution in [2.24, 2.45) is 5.92 Å². The molecule has 2 fully saturated rings. The largest absolute Gasteiger partial charge is 0.493 e. The molecule has 0 saturated carbocycles. The van der Waals surface area contributed by atoms with Crippen LogP contribution < -0.4 is 10.1 Å². The van der Waals surface area contributed by atoms with Crippen LogP contribution in [0.15, 0.2) is 24.3 Å². The lowest BCUT2D eigenvalue weighted by molar-refractivity contribution is 0.0495. The second-order valence-corrected chi connectivity index (χ2v) is 5.93. The van der Waals surface area contributed by atoms with Gasteiger partial charge < -0.3 is 14.8 Å². The minimum Gasteiger partial charge on any atom is -0.493 e. The molecule has 0 bridgehead atoms. The summed E-state index contributed by atoms with van der Waals surface area (Å²) in [6.45, 7) is 4.87. The van der Waals surface area contributed by atoms with Gasteiger partial charge in [0.25, 0.3) is 0 Å². The quantitative estimate of drug-likeness (QED) is 0.916. The van der Waals surface area contributed by atoms with Crippen molar-refractivity contribution in [3.8, 4) is 5.75 Å². The molecule has 0 aromatic heterocycles. The van der Waals surface area contributed by atoms with E-state index in [0.717, 1.165) is 51.5 Å². The number of para-hydroxylation sites is 1. The Labute approximate surface area is 121 Å². The lowest BCUT2D eigenvalue weighted by Gasteiger charge is -2.26. The summed E-state index contributed by atoms with van der Waals surface area (Å²) in [7, 11) is 0. The molecular formula is C17H25NO2. The summed E-state index contributed by atoms with van der Waals surface area (Å²) in [5, 5.41) is 3.43. The van der Waals surface area contributed by atoms with Gasteiger partial charge in [-0.1, -0.05) is 18.2 Å². The molecule has 3 heteroatoms. The van der Waals surface area contributed by atoms with Crippen LogP contribution in [0.3, 0.4) is 0 Å². The lowest BCUT2D eigenvalue weighted by atomic mass is 9.89. The molecule has 2 aliphatic heterocycles. The Bertz CT molecular complexity index is 409. The third-order valence-electron chi connectivity index (χ3n) is 4.51. The van der Waals surface area contributed by atoms with Crippen molar-refractivity contribution in [3.05, 3.63) is 29.8 Å². The first-order valence-electron chi connectivity index (χ1n) is 7.93. The molecule has 20 heavy (non-hydrogen) atoms. The van der Waals surface area contributed by atoms with E-state index in [1.54, 1.807) is 0 Å². The maximum absolute atomic E-state index is 6.15. The van der Waals surface area contributed by atoms with Gasteiger partial charge in [-0.2, -0.15) is 0 Å². The maximum atomic E-state index is 6.15. The van der Waals surface area contributed by atoms with Gasteiger partial charge in [-0.05, 0) is 62.2 Å². The Morgan fingerprint density at radius 1 is 1.05 bits per heavy atom. The standard InChI is InChI=1S/C17H25NO2/c1-2-4-17(20-13-14-7-11-19-12-8-14)16(3-1)15-5-9-18-10-6-15/h1-4,14-15,18H,5-13H2. The summed E-state index contributed by atoms with van der Waals surface area (Å²) in [4.78, 5) is 0. The van der Waals surface area contributed by atoms with E-state index >= 15 is 0 Å². The first-order chi connectivity index (χ1) is 9.93. The number of ether oxygens (including phenoxy) is 2. The van der Waals surface area contributed by atoms with Crippen LogP contribution in [0.1, 0.15) is 37.2 Å². The predicted molar refractivity (Wildman–Crippen MR) is 80.3 cm³/mol. The van der Waals surface area contributed by atoms with E-state index in [0.29, 0.717) is 11.8 Å². The highest BCUT2D eigenvalue weighted by Gasteiger charge is 2.20. The third kappa shape index (κ3) is 3.53. The highest BCUT2D eigenvalue weighted by molar-refractivity contribution is 5.36. The number of hydrogen-bond donors (Lipinski definition) is 1. The molecule has 0 spiro atoms. The van der Waals surface area contributed by atoms with E-state index in [2.05, 4.69) is 29.6 Å². The highest BCUT2D eigenvalue weighted by Crippen LogP contribution is 2.33. The molecule has 3 rings (SSSR count). The number of nitrogens with one attached hydrogen (secondary N) is 1. The van der Waals surface area contributed by atoms with Crippen molar-refractivity contribution in [1.82, 2.24) is 5.32 Å². The molecule has 110 valence electrons. The second-order valence-electron chi connectivity index (χ2n) is 5.93. The molecule has 0 radical (unpaired) electrons. The molecule has 1 N–H and O–H groups in total. The van der Waals surface area contributed by atoms with Crippen molar-refractivity contribution in [2.45, 2.75) is 31.6 Å². The van der Waals surface area contributed by atoms with Crippen LogP contribution in [-0.2, 0) is 4.74 Å². The topological polar surface area (TPSA) is 30.5 Å². The molecule has 0 unspecified atom stereocenters. The van der Waals surface area contributed by atoms with E-state index in [-0.39, 0.29) is 0 Å². The zero-order chi connectivity index (χ0) is 13.6. The lowest BCUT2D eigenvalue weighted by Crippen LogP contribution is -2.27. The van der Waals surface area contributed by atoms with Crippen molar-refractivity contribution in [1.29, 1.82) is 0 Å². The highest BCUT2D eigenvalue weighted by atomic mass is 16.5. The summed E-state index contributed by atoms with van der Waals surface area (Å²) in [6.07, 6.45) is 4.71. The SMILES string of the molecule is c1ccc(C2CCNCC2)c(OCC2CCOCC2)c1. The van der Waals surface area contributed by atoms with Crippen LogP contribution in [0.2, 0.25) is 0 Å². The smallest absolute Gasteiger partial charge is 0.122 e. The monoisotopic (exact) mass is 275 g/mol. The van der Waals surface area contributed by atoms with Gasteiger partial charge in [0.2, 0.25) is 0 Å². The zero-order valence-electron chi connectivity index (χ0n) is 12.1. The molecule has 3 nitrogen and oxygen atoms in total. The molecule has 1 aromatic rings. The minimum atomic E-state index is 0.655. The molecular weight excluding hydrogens is 250 g/mol. The number of piperidine rings is 1. The molecule has 0 amide bonds. The fourth-order valence-corrected chi connectivity index (χ4v) is 3.20. The van der Waals surface area contributed by atoms with Crippen LogP contribution in [0.4, 0.5) is 0 Å². The summed E-state index contributed by atoms with van der Waals surface area (Å²) in [5.41, 5.74) is 1.40. The molecule has 2 aliphatic rings. The number of hydrogen-bond acceptors (Lipinski definition) is 3.